The highest BCUT2D eigenvalue weighted by Gasteiger charge is 2.39. The summed E-state index contributed by atoms with van der Waals surface area (Å²) in [5.41, 5.74) is 0.00477. The van der Waals surface area contributed by atoms with Gasteiger partial charge >= 0.3 is 0 Å². The first-order chi connectivity index (χ1) is 5.77. The highest BCUT2D eigenvalue weighted by molar-refractivity contribution is 7.15. The fraction of sp³-hybridized carbons (Fsp3) is 0.625. The van der Waals surface area contributed by atoms with Gasteiger partial charge in [0.15, 0.2) is 4.47 Å². The molecule has 1 aliphatic carbocycles. The number of thiazole rings is 1. The van der Waals surface area contributed by atoms with E-state index in [0.29, 0.717) is 4.47 Å². The van der Waals surface area contributed by atoms with Gasteiger partial charge in [-0.2, -0.15) is 0 Å². The maximum Gasteiger partial charge on any atom is 0.183 e. The maximum atomic E-state index is 9.24. The van der Waals surface area contributed by atoms with E-state index in [2.05, 4.69) is 4.98 Å². The van der Waals surface area contributed by atoms with Crippen LogP contribution in [0.4, 0.5) is 0 Å². The first-order valence-electron chi connectivity index (χ1n) is 3.99. The summed E-state index contributed by atoms with van der Waals surface area (Å²) >= 11 is 7.22. The lowest BCUT2D eigenvalue weighted by molar-refractivity contribution is 0.123. The number of hydrogen-bond acceptors (Lipinski definition) is 3. The Morgan fingerprint density at radius 1 is 1.67 bits per heavy atom. The molecule has 0 atom stereocenters. The van der Waals surface area contributed by atoms with E-state index in [1.54, 1.807) is 6.20 Å². The Bertz CT molecular complexity index is 277. The molecule has 1 N–H and O–H groups in total. The van der Waals surface area contributed by atoms with E-state index in [1.165, 1.54) is 17.8 Å². The fourth-order valence-corrected chi connectivity index (χ4v) is 2.76. The zero-order valence-corrected chi connectivity index (χ0v) is 8.16. The Kier molecular flexibility index (Phi) is 2.10. The fourth-order valence-electron chi connectivity index (χ4n) is 1.58. The third-order valence-corrected chi connectivity index (χ3v) is 3.97. The van der Waals surface area contributed by atoms with Gasteiger partial charge in [0.25, 0.3) is 0 Å². The van der Waals surface area contributed by atoms with E-state index in [1.807, 2.05) is 0 Å². The molecule has 0 saturated heterocycles. The van der Waals surface area contributed by atoms with Crippen molar-refractivity contribution in [3.63, 3.8) is 0 Å². The molecular weight excluding hydrogens is 194 g/mol. The summed E-state index contributed by atoms with van der Waals surface area (Å²) in [4.78, 5) is 5.13. The van der Waals surface area contributed by atoms with Gasteiger partial charge in [0.1, 0.15) is 0 Å². The molecule has 2 rings (SSSR count). The minimum Gasteiger partial charge on any atom is -0.395 e. The number of hydrogen-bond donors (Lipinski definition) is 1. The van der Waals surface area contributed by atoms with Crippen LogP contribution in [-0.2, 0) is 5.41 Å². The second kappa shape index (κ2) is 2.98. The van der Waals surface area contributed by atoms with Gasteiger partial charge in [-0.05, 0) is 12.8 Å². The predicted octanol–water partition coefficient (Wildman–Crippen LogP) is 2.21. The third kappa shape index (κ3) is 1.16. The number of nitrogens with zero attached hydrogens (tertiary/aromatic N) is 1. The van der Waals surface area contributed by atoms with Crippen molar-refractivity contribution in [2.24, 2.45) is 0 Å². The Labute approximate surface area is 80.2 Å². The molecule has 0 unspecified atom stereocenters. The monoisotopic (exact) mass is 203 g/mol. The van der Waals surface area contributed by atoms with Crippen LogP contribution < -0.4 is 0 Å². The molecule has 4 heteroatoms. The van der Waals surface area contributed by atoms with Crippen LogP contribution in [0.5, 0.6) is 0 Å². The zero-order valence-electron chi connectivity index (χ0n) is 6.59. The van der Waals surface area contributed by atoms with Crippen molar-refractivity contribution in [3.05, 3.63) is 15.5 Å². The molecule has 1 heterocycles. The lowest BCUT2D eigenvalue weighted by Gasteiger charge is -2.39. The molecule has 1 fully saturated rings. The topological polar surface area (TPSA) is 33.1 Å². The Morgan fingerprint density at radius 2 is 2.42 bits per heavy atom. The van der Waals surface area contributed by atoms with Gasteiger partial charge < -0.3 is 5.11 Å². The standard InChI is InChI=1S/C8H10ClNOS/c9-7-10-4-6(12-7)8(5-11)2-1-3-8/h4,11H,1-3,5H2. The van der Waals surface area contributed by atoms with Crippen molar-refractivity contribution in [2.75, 3.05) is 6.61 Å². The molecule has 0 radical (unpaired) electrons. The van der Waals surface area contributed by atoms with Crippen molar-refractivity contribution in [1.82, 2.24) is 4.98 Å². The van der Waals surface area contributed by atoms with E-state index >= 15 is 0 Å². The van der Waals surface area contributed by atoms with Crippen LogP contribution in [0.25, 0.3) is 0 Å². The lowest BCUT2D eigenvalue weighted by atomic mass is 9.69. The van der Waals surface area contributed by atoms with Crippen LogP contribution in [-0.4, -0.2) is 16.7 Å². The van der Waals surface area contributed by atoms with E-state index < -0.39 is 0 Å². The van der Waals surface area contributed by atoms with Crippen molar-refractivity contribution in [3.8, 4) is 0 Å². The van der Waals surface area contributed by atoms with Gasteiger partial charge in [0.2, 0.25) is 0 Å². The minimum absolute atomic E-state index is 0.00477. The third-order valence-electron chi connectivity index (χ3n) is 2.61. The largest absolute Gasteiger partial charge is 0.395 e. The van der Waals surface area contributed by atoms with Crippen molar-refractivity contribution < 1.29 is 5.11 Å². The molecule has 0 spiro atoms. The molecule has 0 aliphatic heterocycles. The van der Waals surface area contributed by atoms with Crippen LogP contribution in [0.15, 0.2) is 6.20 Å². The van der Waals surface area contributed by atoms with Crippen LogP contribution in [0.3, 0.4) is 0 Å². The quantitative estimate of drug-likeness (QED) is 0.800. The molecule has 66 valence electrons. The average molecular weight is 204 g/mol. The Hall–Kier alpha value is -0.120. The number of aliphatic hydroxyl groups excluding tert-OH is 1. The lowest BCUT2D eigenvalue weighted by Crippen LogP contribution is -2.36. The van der Waals surface area contributed by atoms with E-state index in [0.717, 1.165) is 17.7 Å². The first-order valence-corrected chi connectivity index (χ1v) is 5.19. The summed E-state index contributed by atoms with van der Waals surface area (Å²) in [6, 6.07) is 0. The molecule has 12 heavy (non-hydrogen) atoms. The molecule has 0 aromatic carbocycles. The molecule has 1 aliphatic rings. The van der Waals surface area contributed by atoms with Gasteiger partial charge in [-0.25, -0.2) is 4.98 Å². The van der Waals surface area contributed by atoms with Gasteiger partial charge in [0.05, 0.1) is 6.61 Å². The molecular formula is C8H10ClNOS. The second-order valence-corrected chi connectivity index (χ2v) is 4.88. The normalized spacial score (nSPS) is 20.5. The van der Waals surface area contributed by atoms with Gasteiger partial charge in [-0.1, -0.05) is 18.0 Å². The first kappa shape index (κ1) is 8.48. The minimum atomic E-state index is 0.00477. The summed E-state index contributed by atoms with van der Waals surface area (Å²) in [6.45, 7) is 0.228. The van der Waals surface area contributed by atoms with Gasteiger partial charge in [0, 0.05) is 16.5 Å². The SMILES string of the molecule is OCC1(c2cnc(Cl)s2)CCC1. The van der Waals surface area contributed by atoms with Crippen molar-refractivity contribution >= 4 is 22.9 Å². The van der Waals surface area contributed by atoms with Crippen LogP contribution >= 0.6 is 22.9 Å². The molecule has 1 aromatic heterocycles. The van der Waals surface area contributed by atoms with E-state index in [4.69, 9.17) is 11.6 Å². The average Bonchev–Trinajstić information content (AvgIpc) is 2.35. The van der Waals surface area contributed by atoms with Gasteiger partial charge in [-0.15, -0.1) is 11.3 Å². The molecule has 0 bridgehead atoms. The second-order valence-electron chi connectivity index (χ2n) is 3.27. The molecule has 2 nitrogen and oxygen atoms in total. The van der Waals surface area contributed by atoms with Crippen molar-refractivity contribution in [1.29, 1.82) is 0 Å². The van der Waals surface area contributed by atoms with Crippen LogP contribution in [0, 0.1) is 0 Å². The number of aromatic nitrogens is 1. The molecule has 1 aromatic rings. The van der Waals surface area contributed by atoms with Gasteiger partial charge in [-0.3, -0.25) is 0 Å². The predicted molar refractivity (Wildman–Crippen MR) is 49.7 cm³/mol. The zero-order chi connectivity index (χ0) is 8.60. The smallest absolute Gasteiger partial charge is 0.183 e. The highest BCUT2D eigenvalue weighted by atomic mass is 35.5. The number of aliphatic hydroxyl groups is 1. The van der Waals surface area contributed by atoms with E-state index in [9.17, 15) is 5.11 Å². The Balaban J connectivity index is 2.27. The number of rotatable bonds is 2. The number of halogens is 1. The summed E-state index contributed by atoms with van der Waals surface area (Å²) < 4.78 is 0.574. The van der Waals surface area contributed by atoms with Crippen LogP contribution in [0.1, 0.15) is 24.1 Å². The molecule has 1 saturated carbocycles. The summed E-state index contributed by atoms with van der Waals surface area (Å²) in [5, 5.41) is 9.24. The highest BCUT2D eigenvalue weighted by Crippen LogP contribution is 2.45. The molecule has 0 amide bonds. The summed E-state index contributed by atoms with van der Waals surface area (Å²) in [7, 11) is 0. The van der Waals surface area contributed by atoms with Crippen LogP contribution in [0.2, 0.25) is 4.47 Å². The van der Waals surface area contributed by atoms with Crippen molar-refractivity contribution in [2.45, 2.75) is 24.7 Å². The summed E-state index contributed by atoms with van der Waals surface area (Å²) in [5.74, 6) is 0. The van der Waals surface area contributed by atoms with E-state index in [-0.39, 0.29) is 12.0 Å². The summed E-state index contributed by atoms with van der Waals surface area (Å²) in [6.07, 6.45) is 5.14. The Morgan fingerprint density at radius 3 is 2.75 bits per heavy atom. The maximum absolute atomic E-state index is 9.24.